The van der Waals surface area contributed by atoms with Gasteiger partial charge in [0.25, 0.3) is 0 Å². The van der Waals surface area contributed by atoms with Crippen LogP contribution in [0.15, 0.2) is 47.7 Å². The van der Waals surface area contributed by atoms with Crippen molar-refractivity contribution in [1.82, 2.24) is 15.3 Å². The number of nitrogens with one attached hydrogen (secondary N) is 1. The van der Waals surface area contributed by atoms with Gasteiger partial charge in [0.05, 0.1) is 18.0 Å². The molecule has 2 heterocycles. The number of rotatable bonds is 6. The monoisotopic (exact) mass is 368 g/mol. The van der Waals surface area contributed by atoms with Gasteiger partial charge in [-0.15, -0.1) is 0 Å². The average Bonchev–Trinajstić information content (AvgIpc) is 2.72. The van der Waals surface area contributed by atoms with E-state index in [0.29, 0.717) is 25.5 Å². The summed E-state index contributed by atoms with van der Waals surface area (Å²) in [5, 5.41) is 18.9. The minimum absolute atomic E-state index is 0.241. The lowest BCUT2D eigenvalue weighted by molar-refractivity contribution is -0.109. The molecule has 6 nitrogen and oxygen atoms in total. The topological polar surface area (TPSA) is 77.8 Å². The quantitative estimate of drug-likeness (QED) is 0.605. The van der Waals surface area contributed by atoms with Gasteiger partial charge in [0.2, 0.25) is 6.41 Å². The van der Waals surface area contributed by atoms with Gasteiger partial charge in [-0.1, -0.05) is 13.8 Å². The molecule has 0 fully saturated rings. The molecule has 0 radical (unpaired) electrons. The van der Waals surface area contributed by atoms with E-state index < -0.39 is 0 Å². The van der Waals surface area contributed by atoms with E-state index in [0.717, 1.165) is 35.4 Å². The van der Waals surface area contributed by atoms with E-state index in [1.54, 1.807) is 18.3 Å². The number of pyridine rings is 1. The minimum Gasteiger partial charge on any atom is -0.508 e. The number of carbonyl (C=O) groups is 1. The predicted molar refractivity (Wildman–Crippen MR) is 109 cm³/mol. The van der Waals surface area contributed by atoms with Crippen molar-refractivity contribution < 1.29 is 9.90 Å². The van der Waals surface area contributed by atoms with Crippen LogP contribution >= 0.6 is 0 Å². The van der Waals surface area contributed by atoms with Gasteiger partial charge < -0.3 is 10.4 Å². The van der Waals surface area contributed by atoms with E-state index in [1.165, 1.54) is 0 Å². The molecule has 1 atom stereocenters. The second-order valence-electron chi connectivity index (χ2n) is 6.15. The van der Waals surface area contributed by atoms with Crippen LogP contribution in [-0.4, -0.2) is 46.4 Å². The standard InChI is InChI=1S/C19H22N4O2.C2H6/c1-14-2-7-18(22-23(14)11-10-20-13-24)16-8-9-21-19(12-16)15-3-5-17(25)6-4-15;1-2/h3-6,8-9,12-14,25H,2,7,10-11H2,1H3,(H,20,24);1-2H3. The highest BCUT2D eigenvalue weighted by molar-refractivity contribution is 6.01. The number of phenolic OH excluding ortho intramolecular Hbond substituents is 1. The van der Waals surface area contributed by atoms with Gasteiger partial charge in [0.15, 0.2) is 0 Å². The Balaban J connectivity index is 0.00000126. The number of hydrogen-bond donors (Lipinski definition) is 2. The van der Waals surface area contributed by atoms with E-state index in [-0.39, 0.29) is 5.75 Å². The smallest absolute Gasteiger partial charge is 0.207 e. The van der Waals surface area contributed by atoms with Crippen LogP contribution in [0.2, 0.25) is 0 Å². The summed E-state index contributed by atoms with van der Waals surface area (Å²) < 4.78 is 0. The maximum Gasteiger partial charge on any atom is 0.207 e. The van der Waals surface area contributed by atoms with Gasteiger partial charge in [0, 0.05) is 29.9 Å². The molecule has 3 rings (SSSR count). The van der Waals surface area contributed by atoms with Crippen LogP contribution in [0.25, 0.3) is 11.3 Å². The molecule has 0 saturated carbocycles. The van der Waals surface area contributed by atoms with E-state index in [1.807, 2.05) is 43.1 Å². The van der Waals surface area contributed by atoms with Gasteiger partial charge in [-0.3, -0.25) is 14.8 Å². The zero-order chi connectivity index (χ0) is 19.6. The lowest BCUT2D eigenvalue weighted by Gasteiger charge is -2.31. The Morgan fingerprint density at radius 1 is 1.22 bits per heavy atom. The molecular weight excluding hydrogens is 340 g/mol. The number of hydrazone groups is 1. The summed E-state index contributed by atoms with van der Waals surface area (Å²) in [7, 11) is 0. The molecular formula is C21H28N4O2. The maximum absolute atomic E-state index is 10.4. The van der Waals surface area contributed by atoms with Crippen molar-refractivity contribution in [3.63, 3.8) is 0 Å². The highest BCUT2D eigenvalue weighted by Crippen LogP contribution is 2.23. The SMILES string of the molecule is CC.CC1CCC(c2ccnc(-c3ccc(O)cc3)c2)=NN1CCNC=O. The number of carbonyl (C=O) groups excluding carboxylic acids is 1. The predicted octanol–water partition coefficient (Wildman–Crippen LogP) is 3.41. The van der Waals surface area contributed by atoms with Crippen molar-refractivity contribution >= 4 is 12.1 Å². The highest BCUT2D eigenvalue weighted by atomic mass is 16.3. The van der Waals surface area contributed by atoms with Gasteiger partial charge in [0.1, 0.15) is 5.75 Å². The summed E-state index contributed by atoms with van der Waals surface area (Å²) in [6.07, 6.45) is 4.44. The van der Waals surface area contributed by atoms with Crippen molar-refractivity contribution in [2.24, 2.45) is 5.10 Å². The van der Waals surface area contributed by atoms with Crippen molar-refractivity contribution in [2.75, 3.05) is 13.1 Å². The highest BCUT2D eigenvalue weighted by Gasteiger charge is 2.20. The molecule has 1 aliphatic heterocycles. The molecule has 144 valence electrons. The second kappa shape index (κ2) is 10.3. The summed E-state index contributed by atoms with van der Waals surface area (Å²) in [6, 6.07) is 11.4. The largest absolute Gasteiger partial charge is 0.508 e. The maximum atomic E-state index is 10.4. The van der Waals surface area contributed by atoms with E-state index in [4.69, 9.17) is 5.10 Å². The third-order valence-electron chi connectivity index (χ3n) is 4.38. The molecule has 0 saturated heterocycles. The van der Waals surface area contributed by atoms with Crippen LogP contribution in [0.4, 0.5) is 0 Å². The molecule has 2 N–H and O–H groups in total. The third-order valence-corrected chi connectivity index (χ3v) is 4.38. The number of aromatic nitrogens is 1. The molecule has 0 aliphatic carbocycles. The number of benzene rings is 1. The van der Waals surface area contributed by atoms with Gasteiger partial charge in [-0.05, 0) is 56.2 Å². The number of hydrogen-bond acceptors (Lipinski definition) is 5. The average molecular weight is 368 g/mol. The molecule has 1 unspecified atom stereocenters. The van der Waals surface area contributed by atoms with Crippen LogP contribution < -0.4 is 5.32 Å². The van der Waals surface area contributed by atoms with Crippen LogP contribution in [0.1, 0.15) is 39.2 Å². The second-order valence-corrected chi connectivity index (χ2v) is 6.15. The summed E-state index contributed by atoms with van der Waals surface area (Å²) in [6.45, 7) is 7.43. The normalized spacial score (nSPS) is 16.0. The van der Waals surface area contributed by atoms with E-state index in [2.05, 4.69) is 17.2 Å². The van der Waals surface area contributed by atoms with Crippen molar-refractivity contribution in [3.05, 3.63) is 48.2 Å². The number of nitrogens with zero attached hydrogens (tertiary/aromatic N) is 3. The van der Waals surface area contributed by atoms with Crippen molar-refractivity contribution in [2.45, 2.75) is 39.7 Å². The molecule has 1 aromatic heterocycles. The van der Waals surface area contributed by atoms with Crippen molar-refractivity contribution in [1.29, 1.82) is 0 Å². The number of phenols is 1. The zero-order valence-electron chi connectivity index (χ0n) is 16.2. The molecule has 6 heteroatoms. The summed E-state index contributed by atoms with van der Waals surface area (Å²) in [5.74, 6) is 0.241. The molecule has 2 aromatic rings. The summed E-state index contributed by atoms with van der Waals surface area (Å²) in [4.78, 5) is 14.8. The Morgan fingerprint density at radius 2 is 1.96 bits per heavy atom. The van der Waals surface area contributed by atoms with Crippen LogP contribution in [0.5, 0.6) is 5.75 Å². The Bertz CT molecular complexity index is 759. The first-order valence-electron chi connectivity index (χ1n) is 9.44. The Labute approximate surface area is 160 Å². The van der Waals surface area contributed by atoms with Crippen LogP contribution in [0, 0.1) is 0 Å². The van der Waals surface area contributed by atoms with Crippen LogP contribution in [0.3, 0.4) is 0 Å². The van der Waals surface area contributed by atoms with E-state index in [9.17, 15) is 9.90 Å². The van der Waals surface area contributed by atoms with Gasteiger partial charge >= 0.3 is 0 Å². The molecule has 0 spiro atoms. The number of aromatic hydroxyl groups is 1. The van der Waals surface area contributed by atoms with Gasteiger partial charge in [-0.2, -0.15) is 5.10 Å². The fourth-order valence-electron chi connectivity index (χ4n) is 2.91. The van der Waals surface area contributed by atoms with Crippen molar-refractivity contribution in [3.8, 4) is 17.0 Å². The third kappa shape index (κ3) is 5.54. The van der Waals surface area contributed by atoms with Gasteiger partial charge in [-0.25, -0.2) is 0 Å². The fraction of sp³-hybridized carbons (Fsp3) is 0.381. The van der Waals surface area contributed by atoms with E-state index >= 15 is 0 Å². The minimum atomic E-state index is 0.241. The zero-order valence-corrected chi connectivity index (χ0v) is 16.2. The molecule has 1 aliphatic rings. The molecule has 27 heavy (non-hydrogen) atoms. The summed E-state index contributed by atoms with van der Waals surface area (Å²) >= 11 is 0. The first-order chi connectivity index (χ1) is 13.2. The summed E-state index contributed by atoms with van der Waals surface area (Å²) in [5.41, 5.74) is 3.90. The Morgan fingerprint density at radius 3 is 2.67 bits per heavy atom. The first-order valence-corrected chi connectivity index (χ1v) is 9.44. The molecule has 0 bridgehead atoms. The Hall–Kier alpha value is -2.89. The molecule has 1 aromatic carbocycles. The Kier molecular flexibility index (Phi) is 7.79. The lowest BCUT2D eigenvalue weighted by atomic mass is 10.00. The number of amides is 1. The fourth-order valence-corrected chi connectivity index (χ4v) is 2.91. The van der Waals surface area contributed by atoms with Crippen LogP contribution in [-0.2, 0) is 4.79 Å². The first kappa shape index (κ1) is 20.4. The lowest BCUT2D eigenvalue weighted by Crippen LogP contribution is -2.38. The molecule has 1 amide bonds.